The number of aromatic nitrogens is 3. The van der Waals surface area contributed by atoms with Crippen LogP contribution in [0.5, 0.6) is 0 Å². The standard InChI is InChI=1S/C30H45N7/c1-8-10-11-15-32-26-13-12-20(3)17-25(26)23(6)35(7)28(9-2)27-18-29-33-30(36-16-14-24(31)19-36)21(4)22(5)37(29)34-27/h12-13,17-18,24,28,32H,6,8-11,14-16,19,31H2,1-5,7H3/t24-,28?/m0/s1. The fourth-order valence-electron chi connectivity index (χ4n) is 5.39. The van der Waals surface area contributed by atoms with E-state index >= 15 is 0 Å². The molecule has 3 heterocycles. The Hall–Kier alpha value is -3.06. The molecule has 1 saturated heterocycles. The molecule has 3 N–H and O–H groups in total. The lowest BCUT2D eigenvalue weighted by molar-refractivity contribution is 0.339. The van der Waals surface area contributed by atoms with E-state index in [2.05, 4.69) is 87.6 Å². The highest BCUT2D eigenvalue weighted by atomic mass is 15.3. The summed E-state index contributed by atoms with van der Waals surface area (Å²) in [5.41, 5.74) is 14.9. The van der Waals surface area contributed by atoms with Crippen LogP contribution < -0.4 is 16.0 Å². The van der Waals surface area contributed by atoms with Gasteiger partial charge in [0, 0.05) is 67.0 Å². The summed E-state index contributed by atoms with van der Waals surface area (Å²) in [6.45, 7) is 18.2. The predicted molar refractivity (Wildman–Crippen MR) is 156 cm³/mol. The number of rotatable bonds is 11. The van der Waals surface area contributed by atoms with Crippen molar-refractivity contribution < 1.29 is 0 Å². The van der Waals surface area contributed by atoms with Crippen LogP contribution >= 0.6 is 0 Å². The second kappa shape index (κ2) is 11.5. The van der Waals surface area contributed by atoms with Crippen molar-refractivity contribution >= 4 is 22.8 Å². The van der Waals surface area contributed by atoms with Gasteiger partial charge < -0.3 is 20.9 Å². The van der Waals surface area contributed by atoms with Crippen LogP contribution in [0.4, 0.5) is 11.5 Å². The molecule has 4 rings (SSSR count). The number of unbranched alkanes of at least 4 members (excludes halogenated alkanes) is 2. The number of hydrogen-bond acceptors (Lipinski definition) is 6. The zero-order valence-electron chi connectivity index (χ0n) is 23.6. The molecule has 7 heteroatoms. The molecule has 0 bridgehead atoms. The second-order valence-electron chi connectivity index (χ2n) is 10.6. The lowest BCUT2D eigenvalue weighted by Gasteiger charge is -2.31. The maximum atomic E-state index is 6.19. The van der Waals surface area contributed by atoms with Gasteiger partial charge in [-0.25, -0.2) is 9.50 Å². The molecule has 2 atom stereocenters. The largest absolute Gasteiger partial charge is 0.385 e. The average Bonchev–Trinajstić information content (AvgIpc) is 3.51. The number of nitrogens with one attached hydrogen (secondary N) is 1. The summed E-state index contributed by atoms with van der Waals surface area (Å²) < 4.78 is 2.00. The summed E-state index contributed by atoms with van der Waals surface area (Å²) >= 11 is 0. The van der Waals surface area contributed by atoms with Gasteiger partial charge in [-0.1, -0.05) is 44.9 Å². The highest BCUT2D eigenvalue weighted by Gasteiger charge is 2.26. The van der Waals surface area contributed by atoms with E-state index in [1.54, 1.807) is 0 Å². The first-order valence-corrected chi connectivity index (χ1v) is 13.9. The van der Waals surface area contributed by atoms with Gasteiger partial charge in [0.2, 0.25) is 0 Å². The normalized spacial score (nSPS) is 16.4. The number of nitrogens with zero attached hydrogens (tertiary/aromatic N) is 5. The van der Waals surface area contributed by atoms with E-state index in [9.17, 15) is 0 Å². The van der Waals surface area contributed by atoms with Gasteiger partial charge in [0.05, 0.1) is 11.7 Å². The zero-order chi connectivity index (χ0) is 26.7. The summed E-state index contributed by atoms with van der Waals surface area (Å²) in [4.78, 5) is 9.64. The smallest absolute Gasteiger partial charge is 0.158 e. The minimum absolute atomic E-state index is 0.0889. The zero-order valence-corrected chi connectivity index (χ0v) is 23.6. The van der Waals surface area contributed by atoms with Crippen molar-refractivity contribution in [1.29, 1.82) is 0 Å². The van der Waals surface area contributed by atoms with Crippen LogP contribution in [0.2, 0.25) is 0 Å². The summed E-state index contributed by atoms with van der Waals surface area (Å²) in [5.74, 6) is 1.04. The van der Waals surface area contributed by atoms with E-state index in [4.69, 9.17) is 15.8 Å². The van der Waals surface area contributed by atoms with Gasteiger partial charge in [0.25, 0.3) is 0 Å². The third-order valence-corrected chi connectivity index (χ3v) is 7.85. The average molecular weight is 504 g/mol. The number of aryl methyl sites for hydroxylation is 2. The molecule has 200 valence electrons. The SMILES string of the molecule is C=C(c1cc(C)ccc1NCCCCC)N(C)C(CC)c1cc2nc(N3CC[C@H](N)C3)c(C)c(C)n2n1. The van der Waals surface area contributed by atoms with E-state index in [-0.39, 0.29) is 12.1 Å². The van der Waals surface area contributed by atoms with Gasteiger partial charge in [0.1, 0.15) is 5.82 Å². The van der Waals surface area contributed by atoms with Crippen molar-refractivity contribution in [2.45, 2.75) is 78.8 Å². The topological polar surface area (TPSA) is 74.7 Å². The van der Waals surface area contributed by atoms with Crippen LogP contribution in [0.1, 0.15) is 80.1 Å². The van der Waals surface area contributed by atoms with Crippen molar-refractivity contribution in [2.24, 2.45) is 5.73 Å². The molecule has 1 fully saturated rings. The molecule has 3 aromatic rings. The van der Waals surface area contributed by atoms with E-state index in [1.807, 2.05) is 4.52 Å². The maximum absolute atomic E-state index is 6.19. The molecule has 1 aliphatic heterocycles. The Kier molecular flexibility index (Phi) is 8.42. The third kappa shape index (κ3) is 5.61. The van der Waals surface area contributed by atoms with Gasteiger partial charge in [-0.3, -0.25) is 0 Å². The Morgan fingerprint density at radius 1 is 1.22 bits per heavy atom. The number of hydrogen-bond donors (Lipinski definition) is 2. The monoisotopic (exact) mass is 503 g/mol. The van der Waals surface area contributed by atoms with E-state index in [0.29, 0.717) is 0 Å². The number of nitrogens with two attached hydrogens (primary N) is 1. The minimum atomic E-state index is 0.0889. The van der Waals surface area contributed by atoms with Gasteiger partial charge in [0.15, 0.2) is 5.65 Å². The number of fused-ring (bicyclic) bond motifs is 1. The highest BCUT2D eigenvalue weighted by molar-refractivity contribution is 5.75. The molecule has 1 aromatic carbocycles. The third-order valence-electron chi connectivity index (χ3n) is 7.85. The molecule has 0 amide bonds. The lowest BCUT2D eigenvalue weighted by atomic mass is 10.0. The van der Waals surface area contributed by atoms with Crippen molar-refractivity contribution in [3.63, 3.8) is 0 Å². The van der Waals surface area contributed by atoms with Crippen LogP contribution in [0.3, 0.4) is 0 Å². The number of benzene rings is 1. The van der Waals surface area contributed by atoms with Crippen LogP contribution in [-0.2, 0) is 0 Å². The summed E-state index contributed by atoms with van der Waals surface area (Å²) in [7, 11) is 2.13. The molecule has 7 nitrogen and oxygen atoms in total. The Balaban J connectivity index is 1.63. The Morgan fingerprint density at radius 3 is 2.68 bits per heavy atom. The van der Waals surface area contributed by atoms with Gasteiger partial charge in [-0.05, 0) is 52.2 Å². The molecule has 0 saturated carbocycles. The van der Waals surface area contributed by atoms with Crippen LogP contribution in [0.25, 0.3) is 11.3 Å². The van der Waals surface area contributed by atoms with Crippen molar-refractivity contribution in [2.75, 3.05) is 36.9 Å². The second-order valence-corrected chi connectivity index (χ2v) is 10.6. The molecule has 1 unspecified atom stereocenters. The molecular weight excluding hydrogens is 458 g/mol. The first kappa shape index (κ1) is 27.0. The molecule has 2 aromatic heterocycles. The van der Waals surface area contributed by atoms with E-state index in [1.165, 1.54) is 30.4 Å². The molecule has 0 spiro atoms. The van der Waals surface area contributed by atoms with Gasteiger partial charge in [-0.15, -0.1) is 0 Å². The molecule has 37 heavy (non-hydrogen) atoms. The molecular formula is C30H45N7. The summed E-state index contributed by atoms with van der Waals surface area (Å²) in [6, 6.07) is 9.04. The Bertz CT molecular complexity index is 1240. The predicted octanol–water partition coefficient (Wildman–Crippen LogP) is 5.85. The minimum Gasteiger partial charge on any atom is -0.385 e. The molecule has 1 aliphatic rings. The number of anilines is 2. The van der Waals surface area contributed by atoms with E-state index in [0.717, 1.165) is 72.3 Å². The highest BCUT2D eigenvalue weighted by Crippen LogP contribution is 2.34. The first-order chi connectivity index (χ1) is 17.7. The Morgan fingerprint density at radius 2 is 2.00 bits per heavy atom. The quantitative estimate of drug-likeness (QED) is 0.320. The summed E-state index contributed by atoms with van der Waals surface area (Å²) in [5, 5.41) is 8.69. The first-order valence-electron chi connectivity index (χ1n) is 13.9. The molecule has 0 radical (unpaired) electrons. The maximum Gasteiger partial charge on any atom is 0.158 e. The fourth-order valence-corrected chi connectivity index (χ4v) is 5.39. The van der Waals surface area contributed by atoms with Crippen LogP contribution in [-0.4, -0.2) is 52.2 Å². The van der Waals surface area contributed by atoms with Gasteiger partial charge in [-0.2, -0.15) is 5.10 Å². The van der Waals surface area contributed by atoms with Crippen molar-refractivity contribution in [1.82, 2.24) is 19.5 Å². The Labute approximate surface area is 222 Å². The van der Waals surface area contributed by atoms with Gasteiger partial charge >= 0.3 is 0 Å². The van der Waals surface area contributed by atoms with E-state index < -0.39 is 0 Å². The van der Waals surface area contributed by atoms with Crippen molar-refractivity contribution in [3.05, 3.63) is 58.9 Å². The summed E-state index contributed by atoms with van der Waals surface area (Å²) in [6.07, 6.45) is 5.55. The van der Waals surface area contributed by atoms with Crippen molar-refractivity contribution in [3.8, 4) is 0 Å². The molecule has 0 aliphatic carbocycles. The lowest BCUT2D eigenvalue weighted by Crippen LogP contribution is -2.28. The fraction of sp³-hybridized carbons (Fsp3) is 0.533. The van der Waals surface area contributed by atoms with Crippen LogP contribution in [0.15, 0.2) is 30.8 Å². The van der Waals surface area contributed by atoms with Crippen LogP contribution in [0, 0.1) is 20.8 Å².